The number of benzene rings is 1. The van der Waals surface area contributed by atoms with Gasteiger partial charge < -0.3 is 10.1 Å². The highest BCUT2D eigenvalue weighted by Crippen LogP contribution is 2.30. The van der Waals surface area contributed by atoms with Crippen molar-refractivity contribution in [1.29, 1.82) is 0 Å². The fraction of sp³-hybridized carbons (Fsp3) is 0.267. The number of ether oxygens (including phenoxy) is 1. The summed E-state index contributed by atoms with van der Waals surface area (Å²) in [6.07, 6.45) is 3.28. The van der Waals surface area contributed by atoms with Gasteiger partial charge in [0.15, 0.2) is 0 Å². The van der Waals surface area contributed by atoms with E-state index in [0.29, 0.717) is 5.88 Å². The van der Waals surface area contributed by atoms with Crippen LogP contribution >= 0.6 is 0 Å². The zero-order valence-corrected chi connectivity index (χ0v) is 12.2. The molecule has 6 heteroatoms. The van der Waals surface area contributed by atoms with Gasteiger partial charge in [-0.2, -0.15) is 5.10 Å². The first-order valence-corrected chi connectivity index (χ1v) is 6.70. The molecule has 0 amide bonds. The van der Waals surface area contributed by atoms with E-state index in [-0.39, 0.29) is 6.04 Å². The average Bonchev–Trinajstić information content (AvgIpc) is 2.86. The summed E-state index contributed by atoms with van der Waals surface area (Å²) in [5.74, 6) is 0.506. The number of para-hydroxylation sites is 1. The molecule has 0 bridgehead atoms. The van der Waals surface area contributed by atoms with Crippen molar-refractivity contribution >= 4 is 10.9 Å². The molecule has 0 saturated carbocycles. The molecule has 0 spiro atoms. The van der Waals surface area contributed by atoms with Crippen molar-refractivity contribution < 1.29 is 4.74 Å². The Morgan fingerprint density at radius 2 is 1.90 bits per heavy atom. The molecule has 0 aliphatic rings. The Hall–Kier alpha value is -2.47. The first kappa shape index (κ1) is 13.5. The molecular formula is C15H17N5O. The van der Waals surface area contributed by atoms with E-state index in [0.717, 1.165) is 22.3 Å². The number of methoxy groups -OCH3 is 1. The van der Waals surface area contributed by atoms with E-state index in [1.807, 2.05) is 37.0 Å². The number of hydrogen-bond acceptors (Lipinski definition) is 5. The Kier molecular flexibility index (Phi) is 3.53. The molecule has 21 heavy (non-hydrogen) atoms. The Morgan fingerprint density at radius 1 is 1.14 bits per heavy atom. The van der Waals surface area contributed by atoms with E-state index in [2.05, 4.69) is 26.4 Å². The van der Waals surface area contributed by atoms with E-state index in [1.165, 1.54) is 0 Å². The number of hydrogen-bond donors (Lipinski definition) is 1. The first-order chi connectivity index (χ1) is 10.3. The lowest BCUT2D eigenvalue weighted by Crippen LogP contribution is -2.21. The highest BCUT2D eigenvalue weighted by molar-refractivity contribution is 5.82. The second kappa shape index (κ2) is 5.49. The van der Waals surface area contributed by atoms with Crippen molar-refractivity contribution in [3.05, 3.63) is 48.0 Å². The summed E-state index contributed by atoms with van der Waals surface area (Å²) in [6, 6.07) is 7.94. The summed E-state index contributed by atoms with van der Waals surface area (Å²) in [5, 5.41) is 8.99. The van der Waals surface area contributed by atoms with Gasteiger partial charge in [-0.25, -0.2) is 4.98 Å². The van der Waals surface area contributed by atoms with Crippen molar-refractivity contribution in [3.8, 4) is 5.88 Å². The summed E-state index contributed by atoms with van der Waals surface area (Å²) < 4.78 is 7.19. The van der Waals surface area contributed by atoms with Gasteiger partial charge in [0.1, 0.15) is 11.7 Å². The van der Waals surface area contributed by atoms with Gasteiger partial charge in [-0.05, 0) is 13.1 Å². The quantitative estimate of drug-likeness (QED) is 0.789. The zero-order valence-electron chi connectivity index (χ0n) is 12.2. The lowest BCUT2D eigenvalue weighted by molar-refractivity contribution is 0.383. The van der Waals surface area contributed by atoms with E-state index in [9.17, 15) is 0 Å². The molecule has 1 aromatic carbocycles. The maximum Gasteiger partial charge on any atom is 0.237 e. The number of aryl methyl sites for hydroxylation is 1. The van der Waals surface area contributed by atoms with Gasteiger partial charge in [-0.1, -0.05) is 18.2 Å². The second-order valence-corrected chi connectivity index (χ2v) is 4.70. The highest BCUT2D eigenvalue weighted by atomic mass is 16.5. The van der Waals surface area contributed by atoms with Gasteiger partial charge >= 0.3 is 0 Å². The number of nitrogens with zero attached hydrogens (tertiary/aromatic N) is 4. The van der Waals surface area contributed by atoms with E-state index in [1.54, 1.807) is 19.5 Å². The van der Waals surface area contributed by atoms with Crippen molar-refractivity contribution in [3.63, 3.8) is 0 Å². The van der Waals surface area contributed by atoms with Crippen LogP contribution in [0.3, 0.4) is 0 Å². The Morgan fingerprint density at radius 3 is 2.67 bits per heavy atom. The van der Waals surface area contributed by atoms with Crippen LogP contribution < -0.4 is 10.1 Å². The number of aromatic nitrogens is 4. The largest absolute Gasteiger partial charge is 0.480 e. The molecule has 0 aliphatic carbocycles. The van der Waals surface area contributed by atoms with Crippen molar-refractivity contribution in [2.75, 3.05) is 14.2 Å². The number of nitrogens with one attached hydrogen (secondary N) is 1. The Balaban J connectivity index is 2.19. The topological polar surface area (TPSA) is 64.9 Å². The van der Waals surface area contributed by atoms with Gasteiger partial charge in [0.2, 0.25) is 5.88 Å². The molecule has 3 aromatic rings. The van der Waals surface area contributed by atoms with E-state index < -0.39 is 0 Å². The molecule has 0 radical (unpaired) electrons. The van der Waals surface area contributed by atoms with Crippen molar-refractivity contribution in [2.45, 2.75) is 6.04 Å². The number of fused-ring (bicyclic) bond motifs is 1. The smallest absolute Gasteiger partial charge is 0.237 e. The molecule has 2 aromatic heterocycles. The third-order valence-electron chi connectivity index (χ3n) is 3.51. The minimum absolute atomic E-state index is 0.181. The van der Waals surface area contributed by atoms with Crippen molar-refractivity contribution in [2.24, 2.45) is 7.05 Å². The van der Waals surface area contributed by atoms with Crippen LogP contribution in [-0.4, -0.2) is 33.9 Å². The molecule has 3 rings (SSSR count). The standard InChI is InChI=1S/C15H17N5O/c1-16-13(14-15(21-3)18-9-8-17-14)12-10-6-4-5-7-11(10)20(2)19-12/h4-9,13,16H,1-3H3. The third kappa shape index (κ3) is 2.23. The maximum absolute atomic E-state index is 5.32. The minimum atomic E-state index is -0.181. The molecule has 0 aliphatic heterocycles. The first-order valence-electron chi connectivity index (χ1n) is 6.70. The predicted molar refractivity (Wildman–Crippen MR) is 80.2 cm³/mol. The van der Waals surface area contributed by atoms with Crippen LogP contribution in [-0.2, 0) is 7.05 Å². The summed E-state index contributed by atoms with van der Waals surface area (Å²) in [6.45, 7) is 0. The fourth-order valence-electron chi connectivity index (χ4n) is 2.55. The van der Waals surface area contributed by atoms with Crippen LogP contribution in [0.2, 0.25) is 0 Å². The van der Waals surface area contributed by atoms with Crippen LogP contribution in [0.25, 0.3) is 10.9 Å². The molecule has 6 nitrogen and oxygen atoms in total. The third-order valence-corrected chi connectivity index (χ3v) is 3.51. The van der Waals surface area contributed by atoms with Gasteiger partial charge in [-0.3, -0.25) is 9.67 Å². The molecular weight excluding hydrogens is 266 g/mol. The van der Waals surface area contributed by atoms with Gasteiger partial charge in [-0.15, -0.1) is 0 Å². The summed E-state index contributed by atoms with van der Waals surface area (Å²) in [5.41, 5.74) is 2.72. The summed E-state index contributed by atoms with van der Waals surface area (Å²) >= 11 is 0. The molecule has 1 N–H and O–H groups in total. The van der Waals surface area contributed by atoms with Gasteiger partial charge in [0, 0.05) is 24.8 Å². The molecule has 1 atom stereocenters. The van der Waals surface area contributed by atoms with Crippen LogP contribution in [0.4, 0.5) is 0 Å². The highest BCUT2D eigenvalue weighted by Gasteiger charge is 2.24. The monoisotopic (exact) mass is 283 g/mol. The van der Waals surface area contributed by atoms with Crippen LogP contribution in [0, 0.1) is 0 Å². The Bertz CT molecular complexity index is 768. The summed E-state index contributed by atoms with van der Waals surface area (Å²) in [4.78, 5) is 8.63. The SMILES string of the molecule is CNC(c1nccnc1OC)c1nn(C)c2ccccc12. The van der Waals surface area contributed by atoms with Crippen LogP contribution in [0.15, 0.2) is 36.7 Å². The van der Waals surface area contributed by atoms with Crippen LogP contribution in [0.1, 0.15) is 17.4 Å². The molecule has 0 saturated heterocycles. The second-order valence-electron chi connectivity index (χ2n) is 4.70. The Labute approximate surface area is 122 Å². The average molecular weight is 283 g/mol. The van der Waals surface area contributed by atoms with E-state index in [4.69, 9.17) is 4.74 Å². The van der Waals surface area contributed by atoms with E-state index >= 15 is 0 Å². The summed E-state index contributed by atoms with van der Waals surface area (Å²) in [7, 11) is 5.41. The lowest BCUT2D eigenvalue weighted by atomic mass is 10.1. The van der Waals surface area contributed by atoms with Crippen molar-refractivity contribution in [1.82, 2.24) is 25.1 Å². The fourth-order valence-corrected chi connectivity index (χ4v) is 2.55. The van der Waals surface area contributed by atoms with Gasteiger partial charge in [0.05, 0.1) is 18.3 Å². The maximum atomic E-state index is 5.32. The molecule has 2 heterocycles. The zero-order chi connectivity index (χ0) is 14.8. The molecule has 1 unspecified atom stereocenters. The molecule has 0 fully saturated rings. The minimum Gasteiger partial charge on any atom is -0.480 e. The predicted octanol–water partition coefficient (Wildman–Crippen LogP) is 1.68. The number of rotatable bonds is 4. The lowest BCUT2D eigenvalue weighted by Gasteiger charge is -2.15. The van der Waals surface area contributed by atoms with Crippen LogP contribution in [0.5, 0.6) is 5.88 Å². The normalized spacial score (nSPS) is 12.5. The molecule has 108 valence electrons. The van der Waals surface area contributed by atoms with Gasteiger partial charge in [0.25, 0.3) is 0 Å².